The van der Waals surface area contributed by atoms with Crippen molar-refractivity contribution in [3.05, 3.63) is 0 Å². The van der Waals surface area contributed by atoms with Crippen LogP contribution in [0.25, 0.3) is 0 Å². The fourth-order valence-corrected chi connectivity index (χ4v) is 4.06. The number of urea groups is 1. The normalized spacial score (nSPS) is 28.1. The van der Waals surface area contributed by atoms with Crippen molar-refractivity contribution >= 4 is 24.3 Å². The number of likely N-dealkylation sites (tertiary alicyclic amines) is 1. The summed E-state index contributed by atoms with van der Waals surface area (Å²) in [7, 11) is 0. The van der Waals surface area contributed by atoms with Crippen LogP contribution in [0.1, 0.15) is 51.9 Å². The lowest BCUT2D eigenvalue weighted by Gasteiger charge is -2.35. The fraction of sp³-hybridized carbons (Fsp3) is 0.889. The zero-order valence-electron chi connectivity index (χ0n) is 15.7. The Bertz CT molecular complexity index is 465. The summed E-state index contributed by atoms with van der Waals surface area (Å²) in [5.74, 6) is 0.0114. The van der Waals surface area contributed by atoms with E-state index in [9.17, 15) is 9.59 Å². The highest BCUT2D eigenvalue weighted by atomic mass is 35.5. The van der Waals surface area contributed by atoms with E-state index in [-0.39, 0.29) is 42.5 Å². The van der Waals surface area contributed by atoms with Crippen molar-refractivity contribution in [3.8, 4) is 0 Å². The van der Waals surface area contributed by atoms with E-state index in [0.717, 1.165) is 25.7 Å². The van der Waals surface area contributed by atoms with Crippen molar-refractivity contribution in [2.75, 3.05) is 26.2 Å². The highest BCUT2D eigenvalue weighted by Crippen LogP contribution is 2.18. The second-order valence-electron chi connectivity index (χ2n) is 7.56. The van der Waals surface area contributed by atoms with Gasteiger partial charge in [-0.1, -0.05) is 19.3 Å². The molecule has 3 fully saturated rings. The van der Waals surface area contributed by atoms with Crippen LogP contribution in [0.15, 0.2) is 0 Å². The van der Waals surface area contributed by atoms with Crippen molar-refractivity contribution in [2.45, 2.75) is 76.1 Å². The van der Waals surface area contributed by atoms with Gasteiger partial charge in [0.15, 0.2) is 0 Å². The van der Waals surface area contributed by atoms with Gasteiger partial charge in [-0.25, -0.2) is 4.79 Å². The number of hydrogen-bond acceptors (Lipinski definition) is 4. The van der Waals surface area contributed by atoms with Gasteiger partial charge in [0.05, 0.1) is 12.7 Å². The van der Waals surface area contributed by atoms with Crippen LogP contribution in [0.3, 0.4) is 0 Å². The minimum Gasteiger partial charge on any atom is -0.375 e. The molecule has 0 aromatic carbocycles. The Kier molecular flexibility index (Phi) is 8.44. The maximum atomic E-state index is 12.4. The van der Waals surface area contributed by atoms with Crippen molar-refractivity contribution in [1.29, 1.82) is 0 Å². The SMILES string of the molecule is C[C@H]1OCCN[C@@H]1C(=O)NC1CCN(C(=O)NC2CCCCC2)CC1.Cl. The van der Waals surface area contributed by atoms with E-state index < -0.39 is 0 Å². The van der Waals surface area contributed by atoms with Gasteiger partial charge in [-0.3, -0.25) is 4.79 Å². The highest BCUT2D eigenvalue weighted by molar-refractivity contribution is 5.85. The number of carbonyl (C=O) groups excluding carboxylic acids is 2. The lowest BCUT2D eigenvalue weighted by Crippen LogP contribution is -2.58. The minimum absolute atomic E-state index is 0. The molecule has 2 saturated heterocycles. The molecule has 3 N–H and O–H groups in total. The van der Waals surface area contributed by atoms with Crippen LogP contribution in [0.5, 0.6) is 0 Å². The Morgan fingerprint density at radius 1 is 1.00 bits per heavy atom. The Morgan fingerprint density at radius 3 is 2.31 bits per heavy atom. The number of halogens is 1. The Morgan fingerprint density at radius 2 is 1.65 bits per heavy atom. The Labute approximate surface area is 162 Å². The molecule has 3 aliphatic rings. The zero-order chi connectivity index (χ0) is 17.6. The number of nitrogens with zero attached hydrogens (tertiary/aromatic N) is 1. The summed E-state index contributed by atoms with van der Waals surface area (Å²) in [5, 5.41) is 9.51. The van der Waals surface area contributed by atoms with Crippen molar-refractivity contribution in [1.82, 2.24) is 20.9 Å². The predicted molar refractivity (Wildman–Crippen MR) is 103 cm³/mol. The van der Waals surface area contributed by atoms with E-state index in [2.05, 4.69) is 16.0 Å². The number of carbonyl (C=O) groups is 2. The largest absolute Gasteiger partial charge is 0.375 e. The first kappa shape index (κ1) is 21.3. The van der Waals surface area contributed by atoms with Gasteiger partial charge < -0.3 is 25.6 Å². The molecule has 0 spiro atoms. The molecule has 0 radical (unpaired) electrons. The molecule has 1 aliphatic carbocycles. The van der Waals surface area contributed by atoms with Gasteiger partial charge in [-0.15, -0.1) is 12.4 Å². The van der Waals surface area contributed by atoms with Crippen LogP contribution in [0.4, 0.5) is 4.79 Å². The second-order valence-corrected chi connectivity index (χ2v) is 7.56. The molecular formula is C18H33ClN4O3. The third-order valence-electron chi connectivity index (χ3n) is 5.66. The van der Waals surface area contributed by atoms with Crippen molar-refractivity contribution in [3.63, 3.8) is 0 Å². The molecule has 26 heavy (non-hydrogen) atoms. The van der Waals surface area contributed by atoms with Gasteiger partial charge in [0.2, 0.25) is 5.91 Å². The molecule has 0 aromatic heterocycles. The van der Waals surface area contributed by atoms with E-state index in [1.54, 1.807) is 0 Å². The van der Waals surface area contributed by atoms with Crippen molar-refractivity contribution in [2.24, 2.45) is 0 Å². The van der Waals surface area contributed by atoms with E-state index in [4.69, 9.17) is 4.74 Å². The van der Waals surface area contributed by atoms with E-state index in [1.165, 1.54) is 19.3 Å². The summed E-state index contributed by atoms with van der Waals surface area (Å²) < 4.78 is 5.54. The maximum Gasteiger partial charge on any atom is 0.317 e. The van der Waals surface area contributed by atoms with Crippen molar-refractivity contribution < 1.29 is 14.3 Å². The van der Waals surface area contributed by atoms with Crippen LogP contribution in [0.2, 0.25) is 0 Å². The number of ether oxygens (including phenoxy) is 1. The number of rotatable bonds is 3. The minimum atomic E-state index is -0.277. The lowest BCUT2D eigenvalue weighted by molar-refractivity contribution is -0.129. The molecule has 2 atom stereocenters. The summed E-state index contributed by atoms with van der Waals surface area (Å²) in [6.07, 6.45) is 7.45. The summed E-state index contributed by atoms with van der Waals surface area (Å²) in [5.41, 5.74) is 0. The molecule has 0 unspecified atom stereocenters. The number of piperidine rings is 1. The smallest absolute Gasteiger partial charge is 0.317 e. The summed E-state index contributed by atoms with van der Waals surface area (Å²) in [6, 6.07) is 0.272. The quantitative estimate of drug-likeness (QED) is 0.682. The van der Waals surface area contributed by atoms with Gasteiger partial charge in [0.1, 0.15) is 6.04 Å². The predicted octanol–water partition coefficient (Wildman–Crippen LogP) is 1.41. The lowest BCUT2D eigenvalue weighted by atomic mass is 9.95. The van der Waals surface area contributed by atoms with Gasteiger partial charge in [-0.2, -0.15) is 0 Å². The van der Waals surface area contributed by atoms with Gasteiger partial charge in [-0.05, 0) is 32.6 Å². The van der Waals surface area contributed by atoms with Crippen LogP contribution in [-0.2, 0) is 9.53 Å². The van der Waals surface area contributed by atoms with E-state index >= 15 is 0 Å². The van der Waals surface area contributed by atoms with Crippen LogP contribution >= 0.6 is 12.4 Å². The first-order valence-corrected chi connectivity index (χ1v) is 9.84. The Hall–Kier alpha value is -1.05. The summed E-state index contributed by atoms with van der Waals surface area (Å²) in [6.45, 7) is 4.69. The monoisotopic (exact) mass is 388 g/mol. The molecule has 2 heterocycles. The van der Waals surface area contributed by atoms with E-state index in [1.807, 2.05) is 11.8 Å². The molecule has 7 nitrogen and oxygen atoms in total. The van der Waals surface area contributed by atoms with Gasteiger partial charge in [0.25, 0.3) is 0 Å². The molecule has 3 rings (SSSR count). The molecule has 1 saturated carbocycles. The average molecular weight is 389 g/mol. The summed E-state index contributed by atoms with van der Waals surface area (Å²) >= 11 is 0. The number of nitrogens with one attached hydrogen (secondary N) is 3. The first-order chi connectivity index (χ1) is 12.1. The standard InChI is InChI=1S/C18H32N4O3.ClH/c1-13-16(19-9-12-25-13)17(23)20-15-7-10-22(11-8-15)18(24)21-14-5-3-2-4-6-14;/h13-16,19H,2-12H2,1H3,(H,20,23)(H,21,24);1H/t13-,16+;/m1./s1. The number of amides is 3. The third kappa shape index (κ3) is 5.72. The van der Waals surface area contributed by atoms with E-state index in [0.29, 0.717) is 32.3 Å². The molecule has 0 bridgehead atoms. The zero-order valence-corrected chi connectivity index (χ0v) is 16.5. The number of morpholine rings is 1. The van der Waals surface area contributed by atoms with Crippen LogP contribution in [-0.4, -0.2) is 67.3 Å². The fourth-order valence-electron chi connectivity index (χ4n) is 4.06. The molecule has 8 heteroatoms. The average Bonchev–Trinajstić information content (AvgIpc) is 2.63. The summed E-state index contributed by atoms with van der Waals surface area (Å²) in [4.78, 5) is 26.7. The number of hydrogen-bond donors (Lipinski definition) is 3. The maximum absolute atomic E-state index is 12.4. The molecular weight excluding hydrogens is 356 g/mol. The van der Waals surface area contributed by atoms with Gasteiger partial charge >= 0.3 is 6.03 Å². The second kappa shape index (κ2) is 10.3. The Balaban J connectivity index is 0.00000243. The van der Waals surface area contributed by atoms with Gasteiger partial charge in [0, 0.05) is 31.7 Å². The van der Waals surface area contributed by atoms with Crippen LogP contribution < -0.4 is 16.0 Å². The van der Waals surface area contributed by atoms with Crippen LogP contribution in [0, 0.1) is 0 Å². The molecule has 150 valence electrons. The third-order valence-corrected chi connectivity index (χ3v) is 5.66. The molecule has 0 aromatic rings. The molecule has 2 aliphatic heterocycles. The highest BCUT2D eigenvalue weighted by Gasteiger charge is 2.31. The molecule has 3 amide bonds. The first-order valence-electron chi connectivity index (χ1n) is 9.84. The topological polar surface area (TPSA) is 82.7 Å².